The topological polar surface area (TPSA) is 95.6 Å². The Hall–Kier alpha value is -2.96. The van der Waals surface area contributed by atoms with Crippen molar-refractivity contribution in [2.24, 2.45) is 0 Å². The molecule has 0 saturated carbocycles. The van der Waals surface area contributed by atoms with Crippen LogP contribution in [0.5, 0.6) is 0 Å². The molecule has 2 aliphatic rings. The fraction of sp³-hybridized carbons (Fsp3) is 0.200. The summed E-state index contributed by atoms with van der Waals surface area (Å²) in [5.41, 5.74) is 0.916. The number of hydrogen-bond acceptors (Lipinski definition) is 5. The Morgan fingerprint density at radius 3 is 2.68 bits per heavy atom. The van der Waals surface area contributed by atoms with Crippen molar-refractivity contribution >= 4 is 29.3 Å². The minimum absolute atomic E-state index is 0.0988. The van der Waals surface area contributed by atoms with Gasteiger partial charge in [0.25, 0.3) is 11.8 Å². The molecule has 4 amide bonds. The minimum Gasteiger partial charge on any atom is -0.362 e. The maximum Gasteiger partial charge on any atom is 0.264 e. The average Bonchev–Trinajstić information content (AvgIpc) is 2.73. The van der Waals surface area contributed by atoms with E-state index in [9.17, 15) is 19.2 Å². The molecule has 1 atom stereocenters. The van der Waals surface area contributed by atoms with Crippen LogP contribution in [0.25, 0.3) is 0 Å². The van der Waals surface area contributed by atoms with E-state index in [1.807, 2.05) is 0 Å². The molecule has 0 bridgehead atoms. The van der Waals surface area contributed by atoms with Gasteiger partial charge in [0.05, 0.1) is 16.8 Å². The summed E-state index contributed by atoms with van der Waals surface area (Å²) in [6.07, 6.45) is 1.64. The third kappa shape index (κ3) is 1.98. The first kappa shape index (κ1) is 14.0. The zero-order valence-electron chi connectivity index (χ0n) is 11.6. The zero-order valence-corrected chi connectivity index (χ0v) is 11.6. The fourth-order valence-electron chi connectivity index (χ4n) is 2.75. The van der Waals surface area contributed by atoms with E-state index >= 15 is 0 Å². The summed E-state index contributed by atoms with van der Waals surface area (Å²) in [4.78, 5) is 49.2. The van der Waals surface area contributed by atoms with Crippen molar-refractivity contribution in [1.82, 2.24) is 10.2 Å². The standard InChI is InChI=1S/C15H13N3O4/c1-2-16-9-5-3-4-8-12(9)15(22)18(14(8)21)10-6-7-11(19)17-13(10)20/h2-5,10,16H,1,6-7H2,(H,17,19,20). The van der Waals surface area contributed by atoms with Gasteiger partial charge in [-0.2, -0.15) is 0 Å². The number of nitrogens with zero attached hydrogens (tertiary/aromatic N) is 1. The molecule has 2 heterocycles. The Morgan fingerprint density at radius 2 is 2.00 bits per heavy atom. The van der Waals surface area contributed by atoms with Crippen LogP contribution in [0.4, 0.5) is 5.69 Å². The van der Waals surface area contributed by atoms with Crippen LogP contribution < -0.4 is 10.6 Å². The number of rotatable bonds is 3. The van der Waals surface area contributed by atoms with Crippen molar-refractivity contribution < 1.29 is 19.2 Å². The maximum atomic E-state index is 12.6. The minimum atomic E-state index is -0.957. The van der Waals surface area contributed by atoms with E-state index in [0.717, 1.165) is 4.90 Å². The van der Waals surface area contributed by atoms with Gasteiger partial charge in [-0.25, -0.2) is 0 Å². The van der Waals surface area contributed by atoms with Crippen LogP contribution in [0.2, 0.25) is 0 Å². The summed E-state index contributed by atoms with van der Waals surface area (Å²) in [5, 5.41) is 4.97. The first-order valence-corrected chi connectivity index (χ1v) is 6.76. The van der Waals surface area contributed by atoms with Crippen LogP contribution in [0.1, 0.15) is 33.6 Å². The zero-order chi connectivity index (χ0) is 15.9. The summed E-state index contributed by atoms with van der Waals surface area (Å²) in [7, 11) is 0. The molecule has 7 nitrogen and oxygen atoms in total. The third-order valence-electron chi connectivity index (χ3n) is 3.73. The second-order valence-corrected chi connectivity index (χ2v) is 5.02. The Balaban J connectivity index is 2.00. The number of amides is 4. The lowest BCUT2D eigenvalue weighted by atomic mass is 10.0. The van der Waals surface area contributed by atoms with Crippen LogP contribution in [0.15, 0.2) is 31.0 Å². The number of fused-ring (bicyclic) bond motifs is 1. The lowest BCUT2D eigenvalue weighted by Gasteiger charge is -2.27. The Bertz CT molecular complexity index is 725. The second-order valence-electron chi connectivity index (χ2n) is 5.02. The highest BCUT2D eigenvalue weighted by molar-refractivity contribution is 6.25. The highest BCUT2D eigenvalue weighted by atomic mass is 16.2. The van der Waals surface area contributed by atoms with Gasteiger partial charge in [-0.05, 0) is 24.8 Å². The average molecular weight is 299 g/mol. The van der Waals surface area contributed by atoms with Gasteiger partial charge in [0.2, 0.25) is 11.8 Å². The molecule has 0 radical (unpaired) electrons. The van der Waals surface area contributed by atoms with Crippen molar-refractivity contribution in [3.8, 4) is 0 Å². The smallest absolute Gasteiger partial charge is 0.264 e. The number of hydrogen-bond donors (Lipinski definition) is 2. The molecule has 1 aromatic rings. The molecule has 0 aliphatic carbocycles. The summed E-state index contributed by atoms with van der Waals surface area (Å²) in [6.45, 7) is 3.53. The van der Waals surface area contributed by atoms with E-state index in [1.54, 1.807) is 12.1 Å². The van der Waals surface area contributed by atoms with Crippen LogP contribution >= 0.6 is 0 Å². The molecule has 7 heteroatoms. The van der Waals surface area contributed by atoms with Crippen LogP contribution in [-0.2, 0) is 9.59 Å². The lowest BCUT2D eigenvalue weighted by molar-refractivity contribution is -0.136. The molecule has 22 heavy (non-hydrogen) atoms. The first-order valence-electron chi connectivity index (χ1n) is 6.76. The third-order valence-corrected chi connectivity index (χ3v) is 3.73. The SMILES string of the molecule is C=CNc1cccc2c1C(=O)N(C1CCC(=O)NC1=O)C2=O. The summed E-state index contributed by atoms with van der Waals surface area (Å²) in [6, 6.07) is 3.88. The van der Waals surface area contributed by atoms with Crippen molar-refractivity contribution in [3.63, 3.8) is 0 Å². The van der Waals surface area contributed by atoms with Crippen LogP contribution in [0.3, 0.4) is 0 Å². The van der Waals surface area contributed by atoms with Gasteiger partial charge < -0.3 is 5.32 Å². The number of anilines is 1. The van der Waals surface area contributed by atoms with Crippen molar-refractivity contribution in [1.29, 1.82) is 0 Å². The molecule has 2 N–H and O–H groups in total. The van der Waals surface area contributed by atoms with Crippen molar-refractivity contribution in [2.45, 2.75) is 18.9 Å². The second kappa shape index (κ2) is 5.10. The van der Waals surface area contributed by atoms with Gasteiger partial charge in [0.1, 0.15) is 6.04 Å². The molecule has 1 aromatic carbocycles. The van der Waals surface area contributed by atoms with E-state index in [1.165, 1.54) is 12.3 Å². The Labute approximate surface area is 126 Å². The van der Waals surface area contributed by atoms with E-state index in [0.29, 0.717) is 5.69 Å². The number of imide groups is 2. The van der Waals surface area contributed by atoms with E-state index in [2.05, 4.69) is 17.2 Å². The Kier molecular flexibility index (Phi) is 3.25. The van der Waals surface area contributed by atoms with Crippen LogP contribution in [0, 0.1) is 0 Å². The summed E-state index contributed by atoms with van der Waals surface area (Å²) >= 11 is 0. The maximum absolute atomic E-state index is 12.6. The van der Waals surface area contributed by atoms with Crippen LogP contribution in [-0.4, -0.2) is 34.6 Å². The largest absolute Gasteiger partial charge is 0.362 e. The number of carbonyl (C=O) groups excluding carboxylic acids is 4. The molecule has 1 unspecified atom stereocenters. The molecule has 1 fully saturated rings. The Morgan fingerprint density at radius 1 is 1.23 bits per heavy atom. The molecule has 3 rings (SSSR count). The number of nitrogens with one attached hydrogen (secondary N) is 2. The molecule has 2 aliphatic heterocycles. The van der Waals surface area contributed by atoms with Crippen molar-refractivity contribution in [2.75, 3.05) is 5.32 Å². The van der Waals surface area contributed by atoms with E-state index in [-0.39, 0.29) is 24.0 Å². The molecule has 1 saturated heterocycles. The summed E-state index contributed by atoms with van der Waals surface area (Å²) < 4.78 is 0. The highest BCUT2D eigenvalue weighted by Gasteiger charge is 2.45. The number of benzene rings is 1. The van der Waals surface area contributed by atoms with Gasteiger partial charge in [-0.15, -0.1) is 0 Å². The van der Waals surface area contributed by atoms with E-state index in [4.69, 9.17) is 0 Å². The molecule has 0 aromatic heterocycles. The van der Waals surface area contributed by atoms with Crippen molar-refractivity contribution in [3.05, 3.63) is 42.1 Å². The molecular formula is C15H13N3O4. The predicted molar refractivity (Wildman–Crippen MR) is 76.9 cm³/mol. The van der Waals surface area contributed by atoms with Gasteiger partial charge in [-0.3, -0.25) is 29.4 Å². The number of piperidine rings is 1. The predicted octanol–water partition coefficient (Wildman–Crippen LogP) is 0.643. The van der Waals surface area contributed by atoms with E-state index < -0.39 is 29.7 Å². The van der Waals surface area contributed by atoms with Gasteiger partial charge in [0.15, 0.2) is 0 Å². The highest BCUT2D eigenvalue weighted by Crippen LogP contribution is 2.32. The van der Waals surface area contributed by atoms with Gasteiger partial charge in [0, 0.05) is 6.42 Å². The van der Waals surface area contributed by atoms with Gasteiger partial charge in [-0.1, -0.05) is 12.6 Å². The first-order chi connectivity index (χ1) is 10.5. The fourth-order valence-corrected chi connectivity index (χ4v) is 2.75. The quantitative estimate of drug-likeness (QED) is 0.799. The normalized spacial score (nSPS) is 20.7. The number of carbonyl (C=O) groups is 4. The molecule has 0 spiro atoms. The summed E-state index contributed by atoms with van der Waals surface area (Å²) in [5.74, 6) is -2.09. The van der Waals surface area contributed by atoms with Gasteiger partial charge >= 0.3 is 0 Å². The molecular weight excluding hydrogens is 286 g/mol. The monoisotopic (exact) mass is 299 g/mol. The molecule has 112 valence electrons. The lowest BCUT2D eigenvalue weighted by Crippen LogP contribution is -2.54.